The molecule has 37 heavy (non-hydrogen) atoms. The number of hydrogen-bond donors (Lipinski definition) is 1. The van der Waals surface area contributed by atoms with Crippen molar-refractivity contribution in [2.24, 2.45) is 23.7 Å². The van der Waals surface area contributed by atoms with Crippen LogP contribution in [0.4, 0.5) is 11.4 Å². The molecule has 0 spiro atoms. The number of ether oxygens (including phenoxy) is 1. The van der Waals surface area contributed by atoms with E-state index >= 15 is 0 Å². The molecule has 6 rings (SSSR count). The SMILES string of the molecule is COC(=O)c1ccc(NC(=O)c2ccc(N3C(=O)[C@H]4[C@H]5C[C@@H]([C@@H]4C3=O)[C@@H](c3ccccc3)C5)cc2)cc1. The molecule has 2 aliphatic carbocycles. The molecule has 1 N–H and O–H groups in total. The molecule has 1 heterocycles. The fourth-order valence-corrected chi connectivity index (χ4v) is 6.57. The summed E-state index contributed by atoms with van der Waals surface area (Å²) in [6.45, 7) is 0. The summed E-state index contributed by atoms with van der Waals surface area (Å²) in [4.78, 5) is 52.5. The minimum atomic E-state index is -0.452. The topological polar surface area (TPSA) is 92.8 Å². The summed E-state index contributed by atoms with van der Waals surface area (Å²) >= 11 is 0. The average molecular weight is 495 g/mol. The van der Waals surface area contributed by atoms with E-state index < -0.39 is 5.97 Å². The zero-order valence-corrected chi connectivity index (χ0v) is 20.3. The molecule has 1 saturated heterocycles. The number of nitrogens with zero attached hydrogens (tertiary/aromatic N) is 1. The Morgan fingerprint density at radius 2 is 1.46 bits per heavy atom. The molecule has 7 heteroatoms. The number of esters is 1. The molecule has 3 aromatic carbocycles. The lowest BCUT2D eigenvalue weighted by atomic mass is 9.73. The van der Waals surface area contributed by atoms with Crippen LogP contribution in [-0.2, 0) is 14.3 Å². The number of nitrogens with one attached hydrogen (secondary N) is 1. The molecule has 186 valence electrons. The van der Waals surface area contributed by atoms with Gasteiger partial charge in [-0.2, -0.15) is 0 Å². The van der Waals surface area contributed by atoms with Gasteiger partial charge in [-0.05, 0) is 84.7 Å². The van der Waals surface area contributed by atoms with Crippen molar-refractivity contribution in [3.05, 3.63) is 95.6 Å². The number of imide groups is 1. The van der Waals surface area contributed by atoms with Crippen LogP contribution in [0.2, 0.25) is 0 Å². The zero-order chi connectivity index (χ0) is 25.7. The quantitative estimate of drug-likeness (QED) is 0.412. The number of anilines is 2. The minimum absolute atomic E-state index is 0.114. The highest BCUT2D eigenvalue weighted by molar-refractivity contribution is 6.22. The third-order valence-electron chi connectivity index (χ3n) is 8.19. The van der Waals surface area contributed by atoms with Crippen molar-refractivity contribution in [1.29, 1.82) is 0 Å². The first-order valence-electron chi connectivity index (χ1n) is 12.5. The van der Waals surface area contributed by atoms with Gasteiger partial charge in [0.15, 0.2) is 0 Å². The molecule has 0 aromatic heterocycles. The first-order chi connectivity index (χ1) is 18.0. The van der Waals surface area contributed by atoms with Crippen LogP contribution in [0.3, 0.4) is 0 Å². The number of benzene rings is 3. The van der Waals surface area contributed by atoms with E-state index in [9.17, 15) is 19.2 Å². The Bertz CT molecular complexity index is 1380. The highest BCUT2D eigenvalue weighted by atomic mass is 16.5. The van der Waals surface area contributed by atoms with Crippen molar-refractivity contribution < 1.29 is 23.9 Å². The second-order valence-corrected chi connectivity index (χ2v) is 10.0. The van der Waals surface area contributed by atoms with Crippen molar-refractivity contribution in [2.45, 2.75) is 18.8 Å². The lowest BCUT2D eigenvalue weighted by molar-refractivity contribution is -0.123. The van der Waals surface area contributed by atoms with Gasteiger partial charge in [0.25, 0.3) is 5.91 Å². The van der Waals surface area contributed by atoms with E-state index in [0.717, 1.165) is 12.8 Å². The van der Waals surface area contributed by atoms with Gasteiger partial charge in [-0.3, -0.25) is 19.3 Å². The maximum atomic E-state index is 13.5. The molecule has 7 nitrogen and oxygen atoms in total. The highest BCUT2D eigenvalue weighted by Crippen LogP contribution is 2.61. The van der Waals surface area contributed by atoms with E-state index in [0.29, 0.717) is 28.4 Å². The Morgan fingerprint density at radius 1 is 0.811 bits per heavy atom. The number of carbonyl (C=O) groups is 4. The number of rotatable bonds is 5. The summed E-state index contributed by atoms with van der Waals surface area (Å²) in [6.07, 6.45) is 1.88. The fraction of sp³-hybridized carbons (Fsp3) is 0.267. The second kappa shape index (κ2) is 9.00. The number of carbonyl (C=O) groups excluding carboxylic acids is 4. The van der Waals surface area contributed by atoms with Gasteiger partial charge in [-0.25, -0.2) is 4.79 Å². The Hall–Kier alpha value is -4.26. The van der Waals surface area contributed by atoms with Crippen LogP contribution in [0.15, 0.2) is 78.9 Å². The molecule has 1 aliphatic heterocycles. The van der Waals surface area contributed by atoms with Crippen LogP contribution in [0, 0.1) is 23.7 Å². The summed E-state index contributed by atoms with van der Waals surface area (Å²) in [5.74, 6) is -0.795. The molecule has 3 fully saturated rings. The molecular weight excluding hydrogens is 468 g/mol. The van der Waals surface area contributed by atoms with Crippen molar-refractivity contribution in [3.63, 3.8) is 0 Å². The van der Waals surface area contributed by atoms with Crippen molar-refractivity contribution in [2.75, 3.05) is 17.3 Å². The molecular formula is C30H26N2O5. The van der Waals surface area contributed by atoms with E-state index in [1.807, 2.05) is 18.2 Å². The third kappa shape index (κ3) is 3.82. The van der Waals surface area contributed by atoms with Gasteiger partial charge >= 0.3 is 5.97 Å². The molecule has 0 radical (unpaired) electrons. The number of amides is 3. The van der Waals surface area contributed by atoms with Crippen LogP contribution in [0.1, 0.15) is 45.0 Å². The summed E-state index contributed by atoms with van der Waals surface area (Å²) in [7, 11) is 1.31. The zero-order valence-electron chi connectivity index (χ0n) is 20.3. The van der Waals surface area contributed by atoms with Gasteiger partial charge in [0.2, 0.25) is 11.8 Å². The second-order valence-electron chi connectivity index (χ2n) is 10.0. The minimum Gasteiger partial charge on any atom is -0.465 e. The maximum Gasteiger partial charge on any atom is 0.337 e. The standard InChI is InChI=1S/C30H26N2O5/c1-37-30(36)19-7-11-21(12-8-19)31-27(33)18-9-13-22(14-10-18)32-28(34)25-20-15-23(17-5-3-2-4-6-17)24(16-20)26(25)29(32)35/h2-14,20,23-26H,15-16H2,1H3,(H,31,33)/t20-,23-,24-,25+,26+/m1/s1. The highest BCUT2D eigenvalue weighted by Gasteiger charge is 2.64. The van der Waals surface area contributed by atoms with Crippen LogP contribution in [0.25, 0.3) is 0 Å². The first-order valence-corrected chi connectivity index (χ1v) is 12.5. The van der Waals surface area contributed by atoms with Gasteiger partial charge in [-0.15, -0.1) is 0 Å². The Kier molecular flexibility index (Phi) is 5.63. The van der Waals surface area contributed by atoms with Crippen molar-refractivity contribution in [1.82, 2.24) is 0 Å². The van der Waals surface area contributed by atoms with Gasteiger partial charge in [-0.1, -0.05) is 30.3 Å². The van der Waals surface area contributed by atoms with Crippen molar-refractivity contribution >= 4 is 35.1 Å². The Morgan fingerprint density at radius 3 is 2.14 bits per heavy atom. The van der Waals surface area contributed by atoms with Gasteiger partial charge < -0.3 is 10.1 Å². The van der Waals surface area contributed by atoms with Gasteiger partial charge in [0, 0.05) is 11.3 Å². The van der Waals surface area contributed by atoms with Crippen LogP contribution in [-0.4, -0.2) is 30.8 Å². The van der Waals surface area contributed by atoms with Crippen molar-refractivity contribution in [3.8, 4) is 0 Å². The lowest BCUT2D eigenvalue weighted by Crippen LogP contribution is -2.33. The molecule has 2 saturated carbocycles. The van der Waals surface area contributed by atoms with E-state index in [4.69, 9.17) is 0 Å². The van der Waals surface area contributed by atoms with E-state index in [-0.39, 0.29) is 41.4 Å². The summed E-state index contributed by atoms with van der Waals surface area (Å²) < 4.78 is 4.68. The normalized spacial score (nSPS) is 25.8. The summed E-state index contributed by atoms with van der Waals surface area (Å²) in [5, 5.41) is 2.78. The molecule has 3 aliphatic rings. The van der Waals surface area contributed by atoms with Gasteiger partial charge in [0.1, 0.15) is 0 Å². The van der Waals surface area contributed by atoms with Crippen LogP contribution < -0.4 is 10.2 Å². The summed E-state index contributed by atoms with van der Waals surface area (Å²) in [5.41, 5.74) is 3.06. The Labute approximate surface area is 214 Å². The summed E-state index contributed by atoms with van der Waals surface area (Å²) in [6, 6.07) is 23.2. The predicted octanol–water partition coefficient (Wildman–Crippen LogP) is 4.65. The maximum absolute atomic E-state index is 13.5. The van der Waals surface area contributed by atoms with Crippen LogP contribution >= 0.6 is 0 Å². The first kappa shape index (κ1) is 23.2. The number of methoxy groups -OCH3 is 1. The van der Waals surface area contributed by atoms with Gasteiger partial charge in [0.05, 0.1) is 30.2 Å². The van der Waals surface area contributed by atoms with Crippen LogP contribution in [0.5, 0.6) is 0 Å². The lowest BCUT2D eigenvalue weighted by Gasteiger charge is -2.28. The molecule has 5 atom stereocenters. The fourth-order valence-electron chi connectivity index (χ4n) is 6.57. The predicted molar refractivity (Wildman–Crippen MR) is 137 cm³/mol. The van der Waals surface area contributed by atoms with E-state index in [1.165, 1.54) is 17.6 Å². The largest absolute Gasteiger partial charge is 0.465 e. The molecule has 2 bridgehead atoms. The van der Waals surface area contributed by atoms with E-state index in [2.05, 4.69) is 22.2 Å². The molecule has 3 aromatic rings. The molecule has 0 unspecified atom stereocenters. The third-order valence-corrected chi connectivity index (χ3v) is 8.19. The van der Waals surface area contributed by atoms with E-state index in [1.54, 1.807) is 48.5 Å². The number of hydrogen-bond acceptors (Lipinski definition) is 5. The smallest absolute Gasteiger partial charge is 0.337 e. The average Bonchev–Trinajstić information content (AvgIpc) is 3.60. The number of fused-ring (bicyclic) bond motifs is 5. The molecule has 3 amide bonds. The monoisotopic (exact) mass is 494 g/mol. The Balaban J connectivity index is 1.16.